The second kappa shape index (κ2) is 16.4. The Morgan fingerprint density at radius 2 is 0.941 bits per heavy atom. The van der Waals surface area contributed by atoms with Crippen LogP contribution in [0.3, 0.4) is 0 Å². The maximum absolute atomic E-state index is 13.1. The van der Waals surface area contributed by atoms with Crippen molar-refractivity contribution in [3.8, 4) is 0 Å². The van der Waals surface area contributed by atoms with Crippen LogP contribution >= 0.6 is 0 Å². The third kappa shape index (κ3) is 10.2. The Labute approximate surface area is 297 Å². The van der Waals surface area contributed by atoms with E-state index in [1.807, 2.05) is 62.4 Å². The van der Waals surface area contributed by atoms with Gasteiger partial charge in [-0.3, -0.25) is 4.79 Å². The Morgan fingerprint density at radius 1 is 0.569 bits per heavy atom. The minimum atomic E-state index is -3.93. The molecule has 5 aromatic carbocycles. The van der Waals surface area contributed by atoms with Crippen LogP contribution in [0.15, 0.2) is 146 Å². The Bertz CT molecular complexity index is 2240. The fourth-order valence-corrected chi connectivity index (χ4v) is 6.75. The Kier molecular flexibility index (Phi) is 11.8. The first-order valence-electron chi connectivity index (χ1n) is 15.6. The van der Waals surface area contributed by atoms with Crippen LogP contribution in [-0.2, 0) is 33.1 Å². The molecule has 0 fully saturated rings. The van der Waals surface area contributed by atoms with E-state index in [9.17, 15) is 21.6 Å². The molecule has 0 aliphatic heterocycles. The molecule has 262 valence electrons. The number of rotatable bonds is 15. The second-order valence-corrected chi connectivity index (χ2v) is 15.0. The largest absolute Gasteiger partial charge is 0.388 e. The van der Waals surface area contributed by atoms with Gasteiger partial charge in [-0.2, -0.15) is 20.5 Å². The van der Waals surface area contributed by atoms with E-state index in [0.717, 1.165) is 11.4 Å². The fraction of sp³-hybridized carbons (Fsp3) is 0.139. The summed E-state index contributed by atoms with van der Waals surface area (Å²) in [6, 6.07) is 31.4. The third-order valence-electron chi connectivity index (χ3n) is 7.52. The highest BCUT2D eigenvalue weighted by Gasteiger charge is 2.16. The summed E-state index contributed by atoms with van der Waals surface area (Å²) in [5.41, 5.74) is 5.43. The molecule has 3 N–H and O–H groups in total. The van der Waals surface area contributed by atoms with Crippen molar-refractivity contribution < 1.29 is 21.6 Å². The van der Waals surface area contributed by atoms with E-state index in [0.29, 0.717) is 40.2 Å². The normalized spacial score (nSPS) is 12.0. The maximum Gasteiger partial charge on any atom is 0.240 e. The van der Waals surface area contributed by atoms with E-state index in [1.54, 1.807) is 42.5 Å². The minimum absolute atomic E-state index is 0.0190. The predicted octanol–water partition coefficient (Wildman–Crippen LogP) is 7.39. The van der Waals surface area contributed by atoms with Crippen LogP contribution in [0.2, 0.25) is 0 Å². The predicted molar refractivity (Wildman–Crippen MR) is 198 cm³/mol. The second-order valence-electron chi connectivity index (χ2n) is 11.4. The van der Waals surface area contributed by atoms with Crippen molar-refractivity contribution in [2.75, 3.05) is 31.4 Å². The summed E-state index contributed by atoms with van der Waals surface area (Å²) < 4.78 is 57.2. The highest BCUT2D eigenvalue weighted by atomic mass is 32.2. The van der Waals surface area contributed by atoms with E-state index in [2.05, 4.69) is 35.2 Å². The zero-order valence-corrected chi connectivity index (χ0v) is 29.7. The number of hydrogen-bond donors (Lipinski definition) is 3. The Hall–Kier alpha value is -5.61. The van der Waals surface area contributed by atoms with Gasteiger partial charge in [0.1, 0.15) is 6.29 Å². The van der Waals surface area contributed by atoms with Crippen LogP contribution < -0.4 is 19.7 Å². The lowest BCUT2D eigenvalue weighted by Gasteiger charge is -2.11. The molecule has 0 aromatic heterocycles. The van der Waals surface area contributed by atoms with Gasteiger partial charge < -0.3 is 10.2 Å². The highest BCUT2D eigenvalue weighted by molar-refractivity contribution is 7.89. The molecule has 13 nitrogen and oxygen atoms in total. The number of sulfonamides is 2. The SMILES string of the molecule is CNc1ccc(N=Nc2ccc(S(=O)(=O)NCc3cc(C=O)cc(CNS(=O)(=O)c4ccc(N=Nc5ccc(N(C)C)cc5)cc4)c3)cc2)cc1. The van der Waals surface area contributed by atoms with Gasteiger partial charge in [-0.25, -0.2) is 26.3 Å². The van der Waals surface area contributed by atoms with Gasteiger partial charge in [-0.05, 0) is 120 Å². The van der Waals surface area contributed by atoms with Crippen molar-refractivity contribution in [1.82, 2.24) is 9.44 Å². The summed E-state index contributed by atoms with van der Waals surface area (Å²) in [6.07, 6.45) is 0.613. The monoisotopic (exact) mass is 724 g/mol. The summed E-state index contributed by atoms with van der Waals surface area (Å²) in [6.45, 7) is -0.270. The molecule has 0 spiro atoms. The molecule has 0 amide bonds. The molecule has 0 radical (unpaired) electrons. The van der Waals surface area contributed by atoms with Gasteiger partial charge in [0.15, 0.2) is 0 Å². The van der Waals surface area contributed by atoms with Gasteiger partial charge in [0, 0.05) is 51.2 Å². The molecule has 0 aliphatic carbocycles. The van der Waals surface area contributed by atoms with Crippen LogP contribution in [0.4, 0.5) is 34.1 Å². The molecule has 15 heteroatoms. The smallest absolute Gasteiger partial charge is 0.240 e. The number of azo groups is 2. The number of hydrogen-bond acceptors (Lipinski definition) is 11. The fourth-order valence-electron chi connectivity index (χ4n) is 4.71. The summed E-state index contributed by atoms with van der Waals surface area (Å²) in [4.78, 5) is 13.7. The summed E-state index contributed by atoms with van der Waals surface area (Å²) >= 11 is 0. The van der Waals surface area contributed by atoms with Crippen molar-refractivity contribution in [3.05, 3.63) is 132 Å². The molecular weight excluding hydrogens is 689 g/mol. The van der Waals surface area contributed by atoms with Gasteiger partial charge in [-0.1, -0.05) is 6.07 Å². The Morgan fingerprint density at radius 3 is 1.29 bits per heavy atom. The van der Waals surface area contributed by atoms with Crippen LogP contribution in [0.25, 0.3) is 0 Å². The van der Waals surface area contributed by atoms with Crippen LogP contribution in [0.1, 0.15) is 21.5 Å². The van der Waals surface area contributed by atoms with Crippen molar-refractivity contribution >= 4 is 60.5 Å². The van der Waals surface area contributed by atoms with Crippen molar-refractivity contribution in [2.45, 2.75) is 22.9 Å². The van der Waals surface area contributed by atoms with E-state index >= 15 is 0 Å². The lowest BCUT2D eigenvalue weighted by Crippen LogP contribution is -2.24. The highest BCUT2D eigenvalue weighted by Crippen LogP contribution is 2.24. The molecule has 0 heterocycles. The van der Waals surface area contributed by atoms with Gasteiger partial charge in [0.05, 0.1) is 32.5 Å². The molecule has 0 unspecified atom stereocenters. The summed E-state index contributed by atoms with van der Waals surface area (Å²) in [5, 5.41) is 19.7. The summed E-state index contributed by atoms with van der Waals surface area (Å²) in [5.74, 6) is 0. The lowest BCUT2D eigenvalue weighted by molar-refractivity contribution is 0.112. The van der Waals surface area contributed by atoms with Gasteiger partial charge in [-0.15, -0.1) is 0 Å². The first-order chi connectivity index (χ1) is 24.4. The van der Waals surface area contributed by atoms with Crippen LogP contribution in [-0.4, -0.2) is 44.3 Å². The molecule has 0 saturated carbocycles. The summed E-state index contributed by atoms with van der Waals surface area (Å²) in [7, 11) is -2.15. The number of nitrogens with zero attached hydrogens (tertiary/aromatic N) is 5. The standard InChI is InChI=1S/C36H36N8O5S2/c1-37-29-4-6-30(7-5-29)40-42-32-10-16-35(17-11-32)50(46,47)38-23-26-20-27(22-28(21-26)25-45)24-39-51(48,49)36-18-12-33(13-19-36)43-41-31-8-14-34(15-9-31)44(2)3/h4-22,25,37-39H,23-24H2,1-3H3. The number of aldehydes is 1. The quantitative estimate of drug-likeness (QED) is 0.0745. The zero-order chi connectivity index (χ0) is 36.4. The van der Waals surface area contributed by atoms with Gasteiger partial charge in [0.25, 0.3) is 0 Å². The zero-order valence-electron chi connectivity index (χ0n) is 28.1. The van der Waals surface area contributed by atoms with Crippen molar-refractivity contribution in [1.29, 1.82) is 0 Å². The molecule has 5 aromatic rings. The third-order valence-corrected chi connectivity index (χ3v) is 10.4. The maximum atomic E-state index is 13.1. The molecule has 5 rings (SSSR count). The number of carbonyl (C=O) groups is 1. The molecule has 51 heavy (non-hydrogen) atoms. The number of benzene rings is 5. The van der Waals surface area contributed by atoms with Gasteiger partial charge in [0.2, 0.25) is 20.0 Å². The van der Waals surface area contributed by atoms with Crippen LogP contribution in [0, 0.1) is 0 Å². The lowest BCUT2D eigenvalue weighted by atomic mass is 10.1. The average Bonchev–Trinajstić information content (AvgIpc) is 3.15. The van der Waals surface area contributed by atoms with E-state index in [4.69, 9.17) is 0 Å². The Balaban J connectivity index is 1.18. The molecular formula is C36H36N8O5S2. The minimum Gasteiger partial charge on any atom is -0.388 e. The molecule has 0 aliphatic rings. The van der Waals surface area contributed by atoms with Crippen LogP contribution in [0.5, 0.6) is 0 Å². The number of anilines is 2. The first-order valence-corrected chi connectivity index (χ1v) is 18.6. The first kappa shape index (κ1) is 36.7. The van der Waals surface area contributed by atoms with E-state index in [-0.39, 0.29) is 28.4 Å². The topological polar surface area (TPSA) is 174 Å². The van der Waals surface area contributed by atoms with Crippen molar-refractivity contribution in [2.24, 2.45) is 20.5 Å². The van der Waals surface area contributed by atoms with E-state index in [1.165, 1.54) is 36.4 Å². The molecule has 0 atom stereocenters. The molecule has 0 saturated heterocycles. The number of nitrogens with one attached hydrogen (secondary N) is 3. The van der Waals surface area contributed by atoms with Crippen molar-refractivity contribution in [3.63, 3.8) is 0 Å². The average molecular weight is 725 g/mol. The number of carbonyl (C=O) groups excluding carboxylic acids is 1. The van der Waals surface area contributed by atoms with Gasteiger partial charge >= 0.3 is 0 Å². The molecule has 0 bridgehead atoms. The van der Waals surface area contributed by atoms with E-state index < -0.39 is 20.0 Å².